The highest BCUT2D eigenvalue weighted by Gasteiger charge is 2.13. The molecule has 0 aliphatic heterocycles. The van der Waals surface area contributed by atoms with Crippen LogP contribution in [0.25, 0.3) is 0 Å². The van der Waals surface area contributed by atoms with Crippen LogP contribution in [0.3, 0.4) is 0 Å². The molecule has 1 aromatic carbocycles. The van der Waals surface area contributed by atoms with E-state index in [4.69, 9.17) is 0 Å². The summed E-state index contributed by atoms with van der Waals surface area (Å²) in [5.74, 6) is -0.831. The zero-order chi connectivity index (χ0) is 15.2. The monoisotopic (exact) mass is 421 g/mol. The Morgan fingerprint density at radius 3 is 2.55 bits per heavy atom. The van der Waals surface area contributed by atoms with E-state index in [9.17, 15) is 8.78 Å². The van der Waals surface area contributed by atoms with E-state index in [1.807, 2.05) is 6.92 Å². The van der Waals surface area contributed by atoms with Crippen LogP contribution in [0.15, 0.2) is 35.3 Å². The summed E-state index contributed by atoms with van der Waals surface area (Å²) in [4.78, 5) is 4.18. The minimum Gasteiger partial charge on any atom is -0.356 e. The molecule has 1 atom stereocenters. The van der Waals surface area contributed by atoms with Crippen molar-refractivity contribution in [3.8, 4) is 0 Å². The molecule has 3 nitrogen and oxygen atoms in total. The highest BCUT2D eigenvalue weighted by molar-refractivity contribution is 14.0. The lowest BCUT2D eigenvalue weighted by Crippen LogP contribution is -2.43. The van der Waals surface area contributed by atoms with E-state index in [1.165, 1.54) is 12.1 Å². The first-order valence-electron chi connectivity index (χ1n) is 7.17. The second-order valence-corrected chi connectivity index (χ2v) is 5.31. The molecular formula is C16H22F2IN3. The standard InChI is InChI=1S/C16H21F2N3.HI/c1-11(12-7-8-14(17)15(18)9-12)10-20-16(19-2)21-13-5-3-4-6-13;/h3-4,7-9,11,13H,5-6,10H2,1-2H3,(H2,19,20,21);1H. The summed E-state index contributed by atoms with van der Waals surface area (Å²) in [5, 5.41) is 6.56. The molecule has 0 bridgehead atoms. The molecule has 0 radical (unpaired) electrons. The van der Waals surface area contributed by atoms with Gasteiger partial charge in [0, 0.05) is 19.6 Å². The lowest BCUT2D eigenvalue weighted by molar-refractivity contribution is 0.505. The fraction of sp³-hybridized carbons (Fsp3) is 0.438. The minimum absolute atomic E-state index is 0. The maximum absolute atomic E-state index is 13.2. The predicted octanol–water partition coefficient (Wildman–Crippen LogP) is 3.57. The van der Waals surface area contributed by atoms with Crippen LogP contribution in [-0.2, 0) is 0 Å². The van der Waals surface area contributed by atoms with E-state index in [0.717, 1.165) is 24.4 Å². The van der Waals surface area contributed by atoms with Gasteiger partial charge in [-0.1, -0.05) is 25.1 Å². The number of guanidine groups is 1. The highest BCUT2D eigenvalue weighted by atomic mass is 127. The van der Waals surface area contributed by atoms with E-state index in [2.05, 4.69) is 27.8 Å². The molecule has 0 saturated heterocycles. The molecule has 0 heterocycles. The van der Waals surface area contributed by atoms with E-state index in [0.29, 0.717) is 12.6 Å². The molecule has 0 aromatic heterocycles. The van der Waals surface area contributed by atoms with Gasteiger partial charge in [-0.25, -0.2) is 8.78 Å². The third-order valence-corrected chi connectivity index (χ3v) is 3.66. The maximum atomic E-state index is 13.2. The third kappa shape index (κ3) is 5.23. The number of halogens is 3. The lowest BCUT2D eigenvalue weighted by Gasteiger charge is -2.19. The fourth-order valence-electron chi connectivity index (χ4n) is 2.31. The second-order valence-electron chi connectivity index (χ2n) is 5.31. The summed E-state index contributed by atoms with van der Waals surface area (Å²) in [7, 11) is 1.72. The van der Waals surface area contributed by atoms with E-state index in [1.54, 1.807) is 13.1 Å². The summed E-state index contributed by atoms with van der Waals surface area (Å²) >= 11 is 0. The summed E-state index contributed by atoms with van der Waals surface area (Å²) in [6.07, 6.45) is 6.29. The summed E-state index contributed by atoms with van der Waals surface area (Å²) < 4.78 is 26.2. The van der Waals surface area contributed by atoms with Crippen molar-refractivity contribution in [2.24, 2.45) is 4.99 Å². The lowest BCUT2D eigenvalue weighted by atomic mass is 10.0. The quantitative estimate of drug-likeness (QED) is 0.338. The van der Waals surface area contributed by atoms with Gasteiger partial charge in [-0.05, 0) is 36.5 Å². The van der Waals surface area contributed by atoms with Crippen LogP contribution in [0.4, 0.5) is 8.78 Å². The molecule has 2 rings (SSSR count). The molecule has 1 unspecified atom stereocenters. The van der Waals surface area contributed by atoms with Gasteiger partial charge in [0.05, 0.1) is 0 Å². The van der Waals surface area contributed by atoms with Crippen molar-refractivity contribution in [3.05, 3.63) is 47.5 Å². The van der Waals surface area contributed by atoms with Gasteiger partial charge in [-0.2, -0.15) is 0 Å². The van der Waals surface area contributed by atoms with Crippen LogP contribution in [0.2, 0.25) is 0 Å². The molecule has 2 N–H and O–H groups in total. The Morgan fingerprint density at radius 1 is 1.27 bits per heavy atom. The van der Waals surface area contributed by atoms with Gasteiger partial charge in [-0.3, -0.25) is 4.99 Å². The van der Waals surface area contributed by atoms with Crippen LogP contribution in [-0.4, -0.2) is 25.6 Å². The Labute approximate surface area is 147 Å². The van der Waals surface area contributed by atoms with Gasteiger partial charge >= 0.3 is 0 Å². The van der Waals surface area contributed by atoms with Crippen molar-refractivity contribution in [1.29, 1.82) is 0 Å². The van der Waals surface area contributed by atoms with Crippen molar-refractivity contribution in [2.75, 3.05) is 13.6 Å². The molecule has 0 amide bonds. The molecule has 1 aliphatic carbocycles. The minimum atomic E-state index is -0.815. The van der Waals surface area contributed by atoms with Crippen molar-refractivity contribution in [2.45, 2.75) is 31.7 Å². The van der Waals surface area contributed by atoms with Crippen LogP contribution in [0, 0.1) is 11.6 Å². The number of benzene rings is 1. The summed E-state index contributed by atoms with van der Waals surface area (Å²) in [6, 6.07) is 4.41. The van der Waals surface area contributed by atoms with Crippen molar-refractivity contribution < 1.29 is 8.78 Å². The number of nitrogens with zero attached hydrogens (tertiary/aromatic N) is 1. The number of hydrogen-bond donors (Lipinski definition) is 2. The molecule has 0 spiro atoms. The van der Waals surface area contributed by atoms with Gasteiger partial charge in [0.1, 0.15) is 0 Å². The molecule has 0 saturated carbocycles. The highest BCUT2D eigenvalue weighted by Crippen LogP contribution is 2.17. The Hall–Kier alpha value is -1.18. The van der Waals surface area contributed by atoms with E-state index < -0.39 is 11.6 Å². The third-order valence-electron chi connectivity index (χ3n) is 3.66. The van der Waals surface area contributed by atoms with E-state index in [-0.39, 0.29) is 29.9 Å². The summed E-state index contributed by atoms with van der Waals surface area (Å²) in [5.41, 5.74) is 0.763. The average molecular weight is 421 g/mol. The van der Waals surface area contributed by atoms with Crippen LogP contribution >= 0.6 is 24.0 Å². The summed E-state index contributed by atoms with van der Waals surface area (Å²) in [6.45, 7) is 2.56. The normalized spacial score (nSPS) is 16.3. The first-order chi connectivity index (χ1) is 10.1. The number of hydrogen-bond acceptors (Lipinski definition) is 1. The van der Waals surface area contributed by atoms with Gasteiger partial charge in [0.15, 0.2) is 17.6 Å². The van der Waals surface area contributed by atoms with Crippen LogP contribution in [0.1, 0.15) is 31.2 Å². The fourth-order valence-corrected chi connectivity index (χ4v) is 2.31. The van der Waals surface area contributed by atoms with Gasteiger partial charge in [0.2, 0.25) is 0 Å². The molecule has 0 fully saturated rings. The zero-order valence-electron chi connectivity index (χ0n) is 12.8. The van der Waals surface area contributed by atoms with Crippen molar-refractivity contribution in [3.63, 3.8) is 0 Å². The Balaban J connectivity index is 0.00000242. The zero-order valence-corrected chi connectivity index (χ0v) is 15.1. The first kappa shape index (κ1) is 18.9. The van der Waals surface area contributed by atoms with Crippen molar-refractivity contribution >= 4 is 29.9 Å². The largest absolute Gasteiger partial charge is 0.356 e. The molecule has 22 heavy (non-hydrogen) atoms. The molecule has 1 aromatic rings. The van der Waals surface area contributed by atoms with Gasteiger partial charge in [0.25, 0.3) is 0 Å². The first-order valence-corrected chi connectivity index (χ1v) is 7.17. The smallest absolute Gasteiger partial charge is 0.191 e. The van der Waals surface area contributed by atoms with Gasteiger partial charge < -0.3 is 10.6 Å². The Morgan fingerprint density at radius 2 is 1.95 bits per heavy atom. The Bertz CT molecular complexity index is 538. The van der Waals surface area contributed by atoms with Crippen molar-refractivity contribution in [1.82, 2.24) is 10.6 Å². The molecular weight excluding hydrogens is 399 g/mol. The maximum Gasteiger partial charge on any atom is 0.191 e. The predicted molar refractivity (Wildman–Crippen MR) is 96.8 cm³/mol. The Kier molecular flexibility index (Phi) is 7.78. The van der Waals surface area contributed by atoms with Crippen LogP contribution in [0.5, 0.6) is 0 Å². The SMILES string of the molecule is CN=C(NCC(C)c1ccc(F)c(F)c1)NC1CC=CC1.I. The molecule has 6 heteroatoms. The second kappa shape index (κ2) is 9.07. The molecule has 122 valence electrons. The van der Waals surface area contributed by atoms with Crippen LogP contribution < -0.4 is 10.6 Å². The number of nitrogens with one attached hydrogen (secondary N) is 2. The number of rotatable bonds is 4. The topological polar surface area (TPSA) is 36.4 Å². The number of aliphatic imine (C=N–C) groups is 1. The average Bonchev–Trinajstić information content (AvgIpc) is 2.99. The molecule has 1 aliphatic rings. The van der Waals surface area contributed by atoms with Gasteiger partial charge in [-0.15, -0.1) is 24.0 Å². The van der Waals surface area contributed by atoms with E-state index >= 15 is 0 Å².